The number of pyridine rings is 1. The van der Waals surface area contributed by atoms with Gasteiger partial charge in [0.25, 0.3) is 5.91 Å². The van der Waals surface area contributed by atoms with Gasteiger partial charge in [0.1, 0.15) is 11.7 Å². The third kappa shape index (κ3) is 3.66. The molecule has 1 aliphatic rings. The predicted octanol–water partition coefficient (Wildman–Crippen LogP) is 0.911. The van der Waals surface area contributed by atoms with Crippen LogP contribution in [0.15, 0.2) is 12.1 Å². The molecule has 1 atom stereocenters. The first-order chi connectivity index (χ1) is 11.1. The monoisotopic (exact) mass is 344 g/mol. The molecule has 2 amide bonds. The first-order valence-electron chi connectivity index (χ1n) is 7.41. The second kappa shape index (κ2) is 6.76. The summed E-state index contributed by atoms with van der Waals surface area (Å²) in [5.74, 6) is -0.631. The van der Waals surface area contributed by atoms with Crippen LogP contribution in [0.5, 0.6) is 0 Å². The van der Waals surface area contributed by atoms with Crippen LogP contribution in [0.3, 0.4) is 0 Å². The Morgan fingerprint density at radius 3 is 2.50 bits per heavy atom. The largest absolute Gasteiger partial charge is 0.433 e. The maximum absolute atomic E-state index is 12.7. The van der Waals surface area contributed by atoms with Gasteiger partial charge < -0.3 is 10.2 Å². The van der Waals surface area contributed by atoms with E-state index in [9.17, 15) is 22.8 Å². The second-order valence-corrected chi connectivity index (χ2v) is 5.69. The summed E-state index contributed by atoms with van der Waals surface area (Å²) in [7, 11) is 3.30. The summed E-state index contributed by atoms with van der Waals surface area (Å²) in [6.45, 7) is 2.43. The lowest BCUT2D eigenvalue weighted by atomic mass is 10.1. The van der Waals surface area contributed by atoms with Gasteiger partial charge in [0, 0.05) is 26.7 Å². The number of hydrogen-bond donors (Lipinski definition) is 1. The van der Waals surface area contributed by atoms with Crippen molar-refractivity contribution in [3.8, 4) is 0 Å². The standard InChI is InChI=1S/C15H19F3N4O2/c1-9-10(4-5-12(20-9)15(16,17)18)14(24)22-7-6-21(3)11(8-22)13(23)19-2/h4-5,11H,6-8H2,1-3H3,(H,19,23). The van der Waals surface area contributed by atoms with E-state index in [2.05, 4.69) is 10.3 Å². The lowest BCUT2D eigenvalue weighted by Crippen LogP contribution is -2.58. The number of nitrogens with zero attached hydrogens (tertiary/aromatic N) is 3. The first kappa shape index (κ1) is 18.2. The van der Waals surface area contributed by atoms with Gasteiger partial charge in [-0.15, -0.1) is 0 Å². The Kier molecular flexibility index (Phi) is 5.12. The van der Waals surface area contributed by atoms with E-state index in [1.165, 1.54) is 18.9 Å². The summed E-state index contributed by atoms with van der Waals surface area (Å²) in [5, 5.41) is 2.54. The number of carbonyl (C=O) groups is 2. The van der Waals surface area contributed by atoms with Crippen LogP contribution in [0.25, 0.3) is 0 Å². The van der Waals surface area contributed by atoms with Gasteiger partial charge in [-0.25, -0.2) is 4.98 Å². The highest BCUT2D eigenvalue weighted by molar-refractivity contribution is 5.96. The molecule has 9 heteroatoms. The summed E-state index contributed by atoms with van der Waals surface area (Å²) in [6, 6.07) is 1.45. The molecule has 1 N–H and O–H groups in total. The van der Waals surface area contributed by atoms with E-state index in [-0.39, 0.29) is 23.7 Å². The normalized spacial score (nSPS) is 19.2. The summed E-state index contributed by atoms with van der Waals surface area (Å²) in [6.07, 6.45) is -4.55. The second-order valence-electron chi connectivity index (χ2n) is 5.69. The van der Waals surface area contributed by atoms with E-state index in [1.54, 1.807) is 7.05 Å². The maximum Gasteiger partial charge on any atom is 0.433 e. The molecule has 1 aromatic rings. The SMILES string of the molecule is CNC(=O)C1CN(C(=O)c2ccc(C(F)(F)F)nc2C)CCN1C. The van der Waals surface area contributed by atoms with Crippen LogP contribution in [-0.2, 0) is 11.0 Å². The van der Waals surface area contributed by atoms with Crippen LogP contribution in [-0.4, -0.2) is 66.4 Å². The average Bonchev–Trinajstić information content (AvgIpc) is 2.53. The zero-order chi connectivity index (χ0) is 18.1. The van der Waals surface area contributed by atoms with Crippen molar-refractivity contribution in [2.75, 3.05) is 33.7 Å². The van der Waals surface area contributed by atoms with Gasteiger partial charge in [0.15, 0.2) is 0 Å². The van der Waals surface area contributed by atoms with Gasteiger partial charge in [-0.3, -0.25) is 14.5 Å². The Hall–Kier alpha value is -2.16. The fourth-order valence-corrected chi connectivity index (χ4v) is 2.62. The van der Waals surface area contributed by atoms with E-state index < -0.39 is 23.8 Å². The van der Waals surface area contributed by atoms with Gasteiger partial charge in [-0.1, -0.05) is 0 Å². The van der Waals surface area contributed by atoms with Crippen LogP contribution < -0.4 is 5.32 Å². The first-order valence-corrected chi connectivity index (χ1v) is 7.41. The van der Waals surface area contributed by atoms with Crippen molar-refractivity contribution in [3.63, 3.8) is 0 Å². The lowest BCUT2D eigenvalue weighted by Gasteiger charge is -2.38. The molecule has 0 bridgehead atoms. The van der Waals surface area contributed by atoms with Gasteiger partial charge in [0.05, 0.1) is 11.3 Å². The predicted molar refractivity (Wildman–Crippen MR) is 80.4 cm³/mol. The number of piperazine rings is 1. The summed E-state index contributed by atoms with van der Waals surface area (Å²) in [5.41, 5.74) is -0.897. The van der Waals surface area contributed by atoms with Crippen molar-refractivity contribution in [2.24, 2.45) is 0 Å². The average molecular weight is 344 g/mol. The molecule has 132 valence electrons. The molecule has 0 aromatic carbocycles. The quantitative estimate of drug-likeness (QED) is 0.866. The van der Waals surface area contributed by atoms with Crippen molar-refractivity contribution in [3.05, 3.63) is 29.1 Å². The molecule has 0 saturated carbocycles. The molecule has 1 aromatic heterocycles. The molecule has 1 fully saturated rings. The highest BCUT2D eigenvalue weighted by Gasteiger charge is 2.35. The zero-order valence-corrected chi connectivity index (χ0v) is 13.6. The molecule has 2 rings (SSSR count). The van der Waals surface area contributed by atoms with E-state index in [0.29, 0.717) is 13.1 Å². The lowest BCUT2D eigenvalue weighted by molar-refractivity contribution is -0.141. The fourth-order valence-electron chi connectivity index (χ4n) is 2.62. The van der Waals surface area contributed by atoms with Crippen molar-refractivity contribution < 1.29 is 22.8 Å². The molecule has 1 saturated heterocycles. The number of nitrogens with one attached hydrogen (secondary N) is 1. The number of aromatic nitrogens is 1. The Morgan fingerprint density at radius 1 is 1.29 bits per heavy atom. The van der Waals surface area contributed by atoms with Gasteiger partial charge >= 0.3 is 6.18 Å². The van der Waals surface area contributed by atoms with Crippen LogP contribution in [0.1, 0.15) is 21.7 Å². The molecular weight excluding hydrogens is 325 g/mol. The van der Waals surface area contributed by atoms with Crippen LogP contribution in [0.2, 0.25) is 0 Å². The van der Waals surface area contributed by atoms with Crippen LogP contribution in [0.4, 0.5) is 13.2 Å². The summed E-state index contributed by atoms with van der Waals surface area (Å²) in [4.78, 5) is 31.3. The smallest absolute Gasteiger partial charge is 0.358 e. The van der Waals surface area contributed by atoms with E-state index in [1.807, 2.05) is 4.90 Å². The topological polar surface area (TPSA) is 65.5 Å². The Balaban J connectivity index is 2.21. The maximum atomic E-state index is 12.7. The number of carbonyl (C=O) groups excluding carboxylic acids is 2. The van der Waals surface area contributed by atoms with E-state index in [4.69, 9.17) is 0 Å². The molecule has 6 nitrogen and oxygen atoms in total. The Bertz CT molecular complexity index is 648. The number of rotatable bonds is 2. The number of halogens is 3. The van der Waals surface area contributed by atoms with E-state index in [0.717, 1.165) is 12.1 Å². The molecule has 1 aliphatic heterocycles. The summed E-state index contributed by atoms with van der Waals surface area (Å²) < 4.78 is 38.0. The Morgan fingerprint density at radius 2 is 1.96 bits per heavy atom. The van der Waals surface area contributed by atoms with Crippen molar-refractivity contribution in [1.82, 2.24) is 20.1 Å². The van der Waals surface area contributed by atoms with Crippen molar-refractivity contribution in [2.45, 2.75) is 19.1 Å². The third-order valence-corrected chi connectivity index (χ3v) is 4.09. The number of aryl methyl sites for hydroxylation is 1. The number of likely N-dealkylation sites (N-methyl/N-ethyl adjacent to an activating group) is 2. The number of amides is 2. The minimum Gasteiger partial charge on any atom is -0.358 e. The van der Waals surface area contributed by atoms with Crippen molar-refractivity contribution in [1.29, 1.82) is 0 Å². The van der Waals surface area contributed by atoms with Gasteiger partial charge in [-0.2, -0.15) is 13.2 Å². The molecule has 2 heterocycles. The highest BCUT2D eigenvalue weighted by atomic mass is 19.4. The van der Waals surface area contributed by atoms with Crippen molar-refractivity contribution >= 4 is 11.8 Å². The van der Waals surface area contributed by atoms with Crippen LogP contribution >= 0.6 is 0 Å². The summed E-state index contributed by atoms with van der Waals surface area (Å²) >= 11 is 0. The minimum absolute atomic E-state index is 0.0187. The van der Waals surface area contributed by atoms with Crippen LogP contribution in [0, 0.1) is 6.92 Å². The molecule has 0 spiro atoms. The Labute approximate surface area is 137 Å². The molecule has 24 heavy (non-hydrogen) atoms. The number of hydrogen-bond acceptors (Lipinski definition) is 4. The molecule has 0 aliphatic carbocycles. The minimum atomic E-state index is -4.55. The van der Waals surface area contributed by atoms with Gasteiger partial charge in [-0.05, 0) is 26.1 Å². The third-order valence-electron chi connectivity index (χ3n) is 4.09. The fraction of sp³-hybridized carbons (Fsp3) is 0.533. The zero-order valence-electron chi connectivity index (χ0n) is 13.6. The molecular formula is C15H19F3N4O2. The molecule has 1 unspecified atom stereocenters. The number of alkyl halides is 3. The highest BCUT2D eigenvalue weighted by Crippen LogP contribution is 2.28. The van der Waals surface area contributed by atoms with Gasteiger partial charge in [0.2, 0.25) is 5.91 Å². The van der Waals surface area contributed by atoms with E-state index >= 15 is 0 Å². The molecule has 0 radical (unpaired) electrons.